The molecule has 0 aliphatic heterocycles. The van der Waals surface area contributed by atoms with E-state index in [0.717, 1.165) is 12.3 Å². The Morgan fingerprint density at radius 3 is 2.38 bits per heavy atom. The summed E-state index contributed by atoms with van der Waals surface area (Å²) in [6, 6.07) is 11.5. The van der Waals surface area contributed by atoms with E-state index < -0.39 is 26.3 Å². The molecule has 3 rings (SSSR count). The minimum atomic E-state index is -5.58. The Morgan fingerprint density at radius 2 is 1.79 bits per heavy atom. The van der Waals surface area contributed by atoms with Crippen molar-refractivity contribution in [3.63, 3.8) is 0 Å². The lowest BCUT2D eigenvalue weighted by molar-refractivity contribution is -0.0438. The molecule has 0 saturated carbocycles. The Morgan fingerprint density at radius 1 is 1.03 bits per heavy atom. The molecule has 0 unspecified atom stereocenters. The number of aromatic nitrogens is 2. The van der Waals surface area contributed by atoms with Crippen molar-refractivity contribution < 1.29 is 26.4 Å². The highest BCUT2D eigenvalue weighted by atomic mass is 35.5. The topological polar surface area (TPSA) is 89.0 Å². The zero-order chi connectivity index (χ0) is 21.2. The van der Waals surface area contributed by atoms with Gasteiger partial charge in [-0.05, 0) is 42.5 Å². The Kier molecular flexibility index (Phi) is 5.58. The van der Waals surface area contributed by atoms with Crippen molar-refractivity contribution in [3.8, 4) is 11.3 Å². The predicted octanol–water partition coefficient (Wildman–Crippen LogP) is 4.34. The molecule has 3 aromatic rings. The molecule has 6 nitrogen and oxygen atoms in total. The van der Waals surface area contributed by atoms with E-state index in [1.807, 2.05) is 0 Å². The van der Waals surface area contributed by atoms with Gasteiger partial charge in [-0.2, -0.15) is 13.2 Å². The van der Waals surface area contributed by atoms with Crippen molar-refractivity contribution in [2.45, 2.75) is 10.5 Å². The van der Waals surface area contributed by atoms with E-state index in [9.17, 15) is 26.4 Å². The first-order valence-corrected chi connectivity index (χ1v) is 9.75. The normalized spacial score (nSPS) is 11.9. The number of nitrogens with zero attached hydrogens (tertiary/aromatic N) is 2. The summed E-state index contributed by atoms with van der Waals surface area (Å²) < 4.78 is 60.3. The first-order chi connectivity index (χ1) is 13.6. The van der Waals surface area contributed by atoms with Crippen molar-refractivity contribution in [2.75, 3.05) is 5.32 Å². The number of anilines is 1. The smallest absolute Gasteiger partial charge is 0.322 e. The summed E-state index contributed by atoms with van der Waals surface area (Å²) in [7, 11) is -5.58. The van der Waals surface area contributed by atoms with Crippen LogP contribution in [0, 0.1) is 0 Å². The maximum Gasteiger partial charge on any atom is 0.503 e. The van der Waals surface area contributed by atoms with Crippen LogP contribution in [0.2, 0.25) is 5.02 Å². The van der Waals surface area contributed by atoms with E-state index in [4.69, 9.17) is 11.6 Å². The van der Waals surface area contributed by atoms with Crippen molar-refractivity contribution in [1.82, 2.24) is 9.97 Å². The third-order valence-electron chi connectivity index (χ3n) is 3.74. The highest BCUT2D eigenvalue weighted by Crippen LogP contribution is 2.30. The first kappa shape index (κ1) is 20.7. The third-order valence-corrected chi connectivity index (χ3v) is 5.47. The number of rotatable bonds is 4. The lowest BCUT2D eigenvalue weighted by atomic mass is 10.1. The quantitative estimate of drug-likeness (QED) is 0.650. The summed E-state index contributed by atoms with van der Waals surface area (Å²) in [6.07, 6.45) is 2.34. The van der Waals surface area contributed by atoms with Crippen molar-refractivity contribution in [3.05, 3.63) is 71.5 Å². The number of sulfone groups is 1. The number of amides is 1. The van der Waals surface area contributed by atoms with E-state index in [2.05, 4.69) is 15.3 Å². The monoisotopic (exact) mass is 441 g/mol. The summed E-state index contributed by atoms with van der Waals surface area (Å²) in [4.78, 5) is 19.8. The van der Waals surface area contributed by atoms with Gasteiger partial charge in [0.1, 0.15) is 0 Å². The van der Waals surface area contributed by atoms with Gasteiger partial charge in [-0.3, -0.25) is 9.78 Å². The van der Waals surface area contributed by atoms with Gasteiger partial charge in [0.05, 0.1) is 16.3 Å². The fraction of sp³-hybridized carbons (Fsp3) is 0.0556. The molecule has 0 bridgehead atoms. The number of alkyl halides is 3. The summed E-state index contributed by atoms with van der Waals surface area (Å²) in [5.74, 6) is -0.692. The van der Waals surface area contributed by atoms with Gasteiger partial charge in [0.25, 0.3) is 15.7 Å². The van der Waals surface area contributed by atoms with Gasteiger partial charge in [0.15, 0.2) is 5.03 Å². The molecule has 29 heavy (non-hydrogen) atoms. The van der Waals surface area contributed by atoms with Crippen LogP contribution in [-0.2, 0) is 9.84 Å². The maximum absolute atomic E-state index is 12.6. The number of nitrogens with one attached hydrogen (secondary N) is 1. The van der Waals surface area contributed by atoms with Crippen molar-refractivity contribution >= 4 is 33.0 Å². The predicted molar refractivity (Wildman–Crippen MR) is 100 cm³/mol. The molecule has 1 aromatic carbocycles. The standard InChI is InChI=1S/C18H11ClF3N3O3S/c19-14-6-5-12(9-13(14)15-3-1-2-8-23-15)25-17(26)11-4-7-16(24-10-11)29(27,28)18(20,21)22/h1-10H,(H,25,26). The molecule has 11 heteroatoms. The SMILES string of the molecule is O=C(Nc1ccc(Cl)c(-c2ccccn2)c1)c1ccc(S(=O)(=O)C(F)(F)F)nc1. The number of halogens is 4. The minimum absolute atomic E-state index is 0.125. The second-order valence-corrected chi connectivity index (χ2v) is 7.99. The fourth-order valence-corrected chi connectivity index (χ4v) is 3.21. The first-order valence-electron chi connectivity index (χ1n) is 7.89. The van der Waals surface area contributed by atoms with Crippen LogP contribution in [0.5, 0.6) is 0 Å². The largest absolute Gasteiger partial charge is 0.503 e. The maximum atomic E-state index is 12.6. The molecular weight excluding hydrogens is 431 g/mol. The van der Waals surface area contributed by atoms with Gasteiger partial charge in [-0.1, -0.05) is 17.7 Å². The number of carbonyl (C=O) groups excluding carboxylic acids is 1. The molecule has 0 atom stereocenters. The van der Waals surface area contributed by atoms with Crippen LogP contribution in [-0.4, -0.2) is 29.8 Å². The van der Waals surface area contributed by atoms with Gasteiger partial charge in [0, 0.05) is 23.6 Å². The van der Waals surface area contributed by atoms with Gasteiger partial charge < -0.3 is 5.32 Å². The molecule has 0 aliphatic rings. The Bertz CT molecular complexity index is 1150. The van der Waals surface area contributed by atoms with E-state index in [1.54, 1.807) is 36.5 Å². The van der Waals surface area contributed by atoms with E-state index in [0.29, 0.717) is 28.0 Å². The van der Waals surface area contributed by atoms with Crippen LogP contribution in [0.15, 0.2) is 66.0 Å². The Labute approximate surface area is 168 Å². The summed E-state index contributed by atoms with van der Waals surface area (Å²) in [5.41, 5.74) is -4.10. The average molecular weight is 442 g/mol. The summed E-state index contributed by atoms with van der Waals surface area (Å²) in [5, 5.41) is 1.77. The van der Waals surface area contributed by atoms with E-state index in [1.165, 1.54) is 6.07 Å². The molecule has 0 radical (unpaired) electrons. The van der Waals surface area contributed by atoms with Gasteiger partial charge >= 0.3 is 5.51 Å². The molecule has 2 heterocycles. The average Bonchev–Trinajstić information content (AvgIpc) is 2.69. The summed E-state index contributed by atoms with van der Waals surface area (Å²) in [6.45, 7) is 0. The number of hydrogen-bond donors (Lipinski definition) is 1. The number of benzene rings is 1. The Hall–Kier alpha value is -2.98. The van der Waals surface area contributed by atoms with Crippen molar-refractivity contribution in [1.29, 1.82) is 0 Å². The van der Waals surface area contributed by atoms with Crippen LogP contribution >= 0.6 is 11.6 Å². The highest BCUT2D eigenvalue weighted by Gasteiger charge is 2.47. The van der Waals surface area contributed by atoms with Crippen LogP contribution in [0.4, 0.5) is 18.9 Å². The molecule has 150 valence electrons. The minimum Gasteiger partial charge on any atom is -0.322 e. The van der Waals surface area contributed by atoms with Gasteiger partial charge in [-0.25, -0.2) is 13.4 Å². The van der Waals surface area contributed by atoms with Gasteiger partial charge in [0.2, 0.25) is 0 Å². The number of carbonyl (C=O) groups is 1. The molecule has 0 fully saturated rings. The molecular formula is C18H11ClF3N3O3S. The summed E-state index contributed by atoms with van der Waals surface area (Å²) >= 11 is 6.17. The zero-order valence-corrected chi connectivity index (χ0v) is 15.9. The second kappa shape index (κ2) is 7.80. The molecule has 1 amide bonds. The zero-order valence-electron chi connectivity index (χ0n) is 14.3. The molecule has 0 aliphatic carbocycles. The van der Waals surface area contributed by atoms with Crippen LogP contribution < -0.4 is 5.32 Å². The van der Waals surface area contributed by atoms with Gasteiger partial charge in [-0.15, -0.1) is 0 Å². The number of pyridine rings is 2. The second-order valence-electron chi connectivity index (χ2n) is 5.70. The highest BCUT2D eigenvalue weighted by molar-refractivity contribution is 7.92. The van der Waals surface area contributed by atoms with Crippen LogP contribution in [0.25, 0.3) is 11.3 Å². The number of hydrogen-bond acceptors (Lipinski definition) is 5. The van der Waals surface area contributed by atoms with Crippen LogP contribution in [0.3, 0.4) is 0 Å². The fourth-order valence-electron chi connectivity index (χ4n) is 2.32. The van der Waals surface area contributed by atoms with Crippen LogP contribution in [0.1, 0.15) is 10.4 Å². The molecule has 2 aromatic heterocycles. The lowest BCUT2D eigenvalue weighted by Gasteiger charge is -2.10. The molecule has 0 saturated heterocycles. The third kappa shape index (κ3) is 4.38. The lowest BCUT2D eigenvalue weighted by Crippen LogP contribution is -2.24. The molecule has 0 spiro atoms. The van der Waals surface area contributed by atoms with E-state index in [-0.39, 0.29) is 5.56 Å². The van der Waals surface area contributed by atoms with E-state index >= 15 is 0 Å². The van der Waals surface area contributed by atoms with Crippen molar-refractivity contribution in [2.24, 2.45) is 0 Å². The molecule has 1 N–H and O–H groups in total. The Balaban J connectivity index is 1.83.